The normalized spacial score (nSPS) is 16.3. The minimum atomic E-state index is -1.04. The summed E-state index contributed by atoms with van der Waals surface area (Å²) in [7, 11) is 0. The molecule has 2 rings (SSSR count). The Labute approximate surface area is 167 Å². The van der Waals surface area contributed by atoms with E-state index in [2.05, 4.69) is 9.89 Å². The highest BCUT2D eigenvalue weighted by atomic mass is 19.1. The molecule has 1 aromatic rings. The summed E-state index contributed by atoms with van der Waals surface area (Å²) in [6.07, 6.45) is 0. The van der Waals surface area contributed by atoms with Crippen LogP contribution >= 0.6 is 0 Å². The maximum Gasteiger partial charge on any atom is 0.344 e. The molecule has 1 aliphatic rings. The molecule has 0 amide bonds. The number of carbonyl (C=O) groups excluding carboxylic acids is 2. The molecule has 1 aromatic carbocycles. The zero-order valence-corrected chi connectivity index (χ0v) is 16.1. The molecule has 1 fully saturated rings. The average Bonchev–Trinajstić information content (AvgIpc) is 2.67. The minimum Gasteiger partial charge on any atom is -0.454 e. The van der Waals surface area contributed by atoms with Crippen LogP contribution in [0.5, 0.6) is 0 Å². The Bertz CT molecular complexity index is 796. The fourth-order valence-corrected chi connectivity index (χ4v) is 2.72. The molecule has 0 saturated carbocycles. The number of morpholine rings is 1. The molecule has 1 heterocycles. The number of Topliss-reactive ketones (excluding diaryl/α,β-unsaturated/α-hetero) is 1. The summed E-state index contributed by atoms with van der Waals surface area (Å²) in [4.78, 5) is 30.6. The lowest BCUT2D eigenvalue weighted by Crippen LogP contribution is -2.38. The topological polar surface area (TPSA) is 120 Å². The van der Waals surface area contributed by atoms with E-state index in [0.717, 1.165) is 31.3 Å². The molecule has 0 bridgehead atoms. The first kappa shape index (κ1) is 22.4. The Morgan fingerprint density at radius 3 is 2.41 bits per heavy atom. The first-order valence-electron chi connectivity index (χ1n) is 9.02. The second-order valence-electron chi connectivity index (χ2n) is 6.37. The fraction of sp³-hybridized carbons (Fsp3) is 0.421. The number of nitrogens with two attached hydrogens (primary N) is 2. The third-order valence-electron chi connectivity index (χ3n) is 4.23. The number of carbonyl (C=O) groups is 2. The maximum atomic E-state index is 13.7. The maximum absolute atomic E-state index is 13.7. The molecule has 0 unspecified atom stereocenters. The number of esters is 1. The fourth-order valence-electron chi connectivity index (χ4n) is 2.72. The van der Waals surface area contributed by atoms with Crippen LogP contribution in [0.15, 0.2) is 34.5 Å². The number of aliphatic imine (C=N–C) groups is 1. The van der Waals surface area contributed by atoms with Gasteiger partial charge in [0.1, 0.15) is 23.0 Å². The third-order valence-corrected chi connectivity index (χ3v) is 4.23. The number of hydrogen-bond acceptors (Lipinski definition) is 7. The van der Waals surface area contributed by atoms with Gasteiger partial charge in [-0.1, -0.05) is 6.07 Å². The van der Waals surface area contributed by atoms with Gasteiger partial charge >= 0.3 is 5.97 Å². The van der Waals surface area contributed by atoms with Gasteiger partial charge in [0.25, 0.3) is 0 Å². The van der Waals surface area contributed by atoms with Gasteiger partial charge in [0.05, 0.1) is 25.3 Å². The Balaban J connectivity index is 1.97. The highest BCUT2D eigenvalue weighted by molar-refractivity contribution is 6.19. The molecular weight excluding hydrogens is 386 g/mol. The quantitative estimate of drug-likeness (QED) is 0.212. The van der Waals surface area contributed by atoms with Gasteiger partial charge < -0.3 is 20.9 Å². The summed E-state index contributed by atoms with van der Waals surface area (Å²) in [6, 6.07) is 3.00. The van der Waals surface area contributed by atoms with E-state index >= 15 is 0 Å². The van der Waals surface area contributed by atoms with Gasteiger partial charge in [0.2, 0.25) is 5.78 Å². The van der Waals surface area contributed by atoms with Crippen LogP contribution < -0.4 is 11.5 Å². The van der Waals surface area contributed by atoms with E-state index in [-0.39, 0.29) is 17.1 Å². The number of ether oxygens (including phenoxy) is 2. The van der Waals surface area contributed by atoms with Gasteiger partial charge in [-0.05, 0) is 19.1 Å². The SMILES string of the molecule is C/C(N)=C(\C(=O)OCC(=O)c1c(F)cccc1F)C(N)=NCCN1CCOCC1. The molecule has 10 heteroatoms. The lowest BCUT2D eigenvalue weighted by atomic mass is 10.1. The van der Waals surface area contributed by atoms with Crippen molar-refractivity contribution in [1.82, 2.24) is 4.90 Å². The average molecular weight is 410 g/mol. The van der Waals surface area contributed by atoms with Crippen LogP contribution in [0.25, 0.3) is 0 Å². The summed E-state index contributed by atoms with van der Waals surface area (Å²) in [5.74, 6) is -4.23. The molecular formula is C19H24F2N4O4. The van der Waals surface area contributed by atoms with Crippen LogP contribution in [0.2, 0.25) is 0 Å². The number of benzene rings is 1. The lowest BCUT2D eigenvalue weighted by molar-refractivity contribution is -0.137. The standard InChI is InChI=1S/C19H24F2N4O4/c1-12(22)16(18(23)24-5-6-25-7-9-28-10-8-25)19(27)29-11-15(26)17-13(20)3-2-4-14(17)21/h2-4H,5-11,22H2,1H3,(H2,23,24)/b16-12+. The monoisotopic (exact) mass is 410 g/mol. The zero-order valence-electron chi connectivity index (χ0n) is 16.1. The van der Waals surface area contributed by atoms with Crippen molar-refractivity contribution in [3.63, 3.8) is 0 Å². The Hall–Kier alpha value is -2.85. The van der Waals surface area contributed by atoms with E-state index in [1.807, 2.05) is 0 Å². The summed E-state index contributed by atoms with van der Waals surface area (Å²) < 4.78 is 37.4. The van der Waals surface area contributed by atoms with Crippen LogP contribution in [0.1, 0.15) is 17.3 Å². The number of hydrogen-bond donors (Lipinski definition) is 2. The molecule has 8 nitrogen and oxygen atoms in total. The second kappa shape index (κ2) is 10.6. The van der Waals surface area contributed by atoms with Crippen LogP contribution in [0, 0.1) is 11.6 Å². The van der Waals surface area contributed by atoms with Crippen molar-refractivity contribution in [2.75, 3.05) is 46.0 Å². The van der Waals surface area contributed by atoms with Crippen LogP contribution in [0.3, 0.4) is 0 Å². The molecule has 1 saturated heterocycles. The molecule has 29 heavy (non-hydrogen) atoms. The largest absolute Gasteiger partial charge is 0.454 e. The lowest BCUT2D eigenvalue weighted by Gasteiger charge is -2.25. The minimum absolute atomic E-state index is 0.0483. The van der Waals surface area contributed by atoms with E-state index in [9.17, 15) is 18.4 Å². The third kappa shape index (κ3) is 6.33. The zero-order chi connectivity index (χ0) is 21.4. The first-order valence-corrected chi connectivity index (χ1v) is 9.02. The van der Waals surface area contributed by atoms with Crippen molar-refractivity contribution in [2.24, 2.45) is 16.5 Å². The number of nitrogens with zero attached hydrogens (tertiary/aromatic N) is 2. The van der Waals surface area contributed by atoms with Crippen molar-refractivity contribution in [3.8, 4) is 0 Å². The first-order chi connectivity index (χ1) is 13.8. The van der Waals surface area contributed by atoms with Crippen molar-refractivity contribution in [3.05, 3.63) is 46.7 Å². The predicted molar refractivity (Wildman–Crippen MR) is 102 cm³/mol. The van der Waals surface area contributed by atoms with Crippen molar-refractivity contribution < 1.29 is 27.8 Å². The number of rotatable bonds is 8. The van der Waals surface area contributed by atoms with E-state index in [1.165, 1.54) is 6.92 Å². The Kier molecular flexibility index (Phi) is 8.22. The van der Waals surface area contributed by atoms with Gasteiger partial charge in [0, 0.05) is 25.3 Å². The smallest absolute Gasteiger partial charge is 0.344 e. The molecule has 0 aliphatic carbocycles. The van der Waals surface area contributed by atoms with Gasteiger partial charge in [-0.3, -0.25) is 14.7 Å². The number of halogens is 2. The molecule has 4 N–H and O–H groups in total. The molecule has 1 aliphatic heterocycles. The van der Waals surface area contributed by atoms with Gasteiger partial charge in [0.15, 0.2) is 6.61 Å². The molecule has 0 radical (unpaired) electrons. The molecule has 0 atom stereocenters. The van der Waals surface area contributed by atoms with Gasteiger partial charge in [-0.2, -0.15) is 0 Å². The van der Waals surface area contributed by atoms with E-state index < -0.39 is 35.6 Å². The molecule has 0 aromatic heterocycles. The number of ketones is 1. The van der Waals surface area contributed by atoms with Crippen molar-refractivity contribution >= 4 is 17.6 Å². The van der Waals surface area contributed by atoms with Crippen molar-refractivity contribution in [1.29, 1.82) is 0 Å². The summed E-state index contributed by atoms with van der Waals surface area (Å²) in [6.45, 7) is 4.38. The van der Waals surface area contributed by atoms with E-state index in [4.69, 9.17) is 20.9 Å². The molecule has 0 spiro atoms. The highest BCUT2D eigenvalue weighted by Crippen LogP contribution is 2.13. The Morgan fingerprint density at radius 2 is 1.83 bits per heavy atom. The second-order valence-corrected chi connectivity index (χ2v) is 6.37. The Morgan fingerprint density at radius 1 is 1.21 bits per heavy atom. The predicted octanol–water partition coefficient (Wildman–Crippen LogP) is 0.613. The molecule has 158 valence electrons. The van der Waals surface area contributed by atoms with Crippen LogP contribution in [0.4, 0.5) is 8.78 Å². The van der Waals surface area contributed by atoms with Crippen molar-refractivity contribution in [2.45, 2.75) is 6.92 Å². The van der Waals surface area contributed by atoms with Gasteiger partial charge in [-0.15, -0.1) is 0 Å². The van der Waals surface area contributed by atoms with Crippen LogP contribution in [-0.2, 0) is 14.3 Å². The number of allylic oxidation sites excluding steroid dienone is 1. The van der Waals surface area contributed by atoms with E-state index in [1.54, 1.807) is 0 Å². The number of amidine groups is 1. The summed E-state index contributed by atoms with van der Waals surface area (Å²) >= 11 is 0. The van der Waals surface area contributed by atoms with Crippen LogP contribution in [-0.4, -0.2) is 68.5 Å². The van der Waals surface area contributed by atoms with E-state index in [0.29, 0.717) is 26.3 Å². The van der Waals surface area contributed by atoms with Gasteiger partial charge in [-0.25, -0.2) is 13.6 Å². The highest BCUT2D eigenvalue weighted by Gasteiger charge is 2.22. The summed E-state index contributed by atoms with van der Waals surface area (Å²) in [5, 5.41) is 0. The summed E-state index contributed by atoms with van der Waals surface area (Å²) in [5.41, 5.74) is 10.7.